The van der Waals surface area contributed by atoms with Crippen LogP contribution < -0.4 is 10.7 Å². The number of carbonyl (C=O) groups is 1. The van der Waals surface area contributed by atoms with Gasteiger partial charge in [-0.2, -0.15) is 5.10 Å². The van der Waals surface area contributed by atoms with Gasteiger partial charge in [-0.05, 0) is 61.4 Å². The minimum absolute atomic E-state index is 0.192. The van der Waals surface area contributed by atoms with Crippen molar-refractivity contribution < 1.29 is 9.90 Å². The van der Waals surface area contributed by atoms with Gasteiger partial charge in [0, 0.05) is 5.69 Å². The van der Waals surface area contributed by atoms with Crippen LogP contribution in [0.5, 0.6) is 5.75 Å². The van der Waals surface area contributed by atoms with Gasteiger partial charge in [0.2, 0.25) is 0 Å². The molecule has 0 saturated carbocycles. The maximum atomic E-state index is 11.9. The lowest BCUT2D eigenvalue weighted by Gasteiger charge is -2.13. The minimum Gasteiger partial charge on any atom is -0.508 e. The molecule has 22 heavy (non-hydrogen) atoms. The van der Waals surface area contributed by atoms with Crippen LogP contribution in [0.3, 0.4) is 0 Å². The van der Waals surface area contributed by atoms with Gasteiger partial charge in [0.25, 0.3) is 5.91 Å². The molecule has 2 aromatic rings. The van der Waals surface area contributed by atoms with Gasteiger partial charge in [0.05, 0.1) is 6.21 Å². The minimum atomic E-state index is -0.404. The first-order valence-electron chi connectivity index (χ1n) is 7.00. The number of hydrogen-bond donors (Lipinski definition) is 3. The number of phenolic OH excluding ortho intramolecular Hbond substituents is 1. The van der Waals surface area contributed by atoms with Gasteiger partial charge in [-0.1, -0.05) is 12.1 Å². The van der Waals surface area contributed by atoms with Gasteiger partial charge in [-0.15, -0.1) is 0 Å². The number of amides is 1. The second-order valence-electron chi connectivity index (χ2n) is 5.06. The van der Waals surface area contributed by atoms with Crippen molar-refractivity contribution in [3.05, 3.63) is 59.7 Å². The van der Waals surface area contributed by atoms with Crippen molar-refractivity contribution >= 4 is 17.8 Å². The van der Waals surface area contributed by atoms with Crippen LogP contribution in [0.15, 0.2) is 53.6 Å². The third-order valence-electron chi connectivity index (χ3n) is 3.08. The Morgan fingerprint density at radius 3 is 2.64 bits per heavy atom. The van der Waals surface area contributed by atoms with Gasteiger partial charge >= 0.3 is 0 Å². The fourth-order valence-corrected chi connectivity index (χ4v) is 1.88. The molecule has 1 atom stereocenters. The average Bonchev–Trinajstić information content (AvgIpc) is 2.49. The molecule has 2 aromatic carbocycles. The number of aromatic hydroxyl groups is 1. The predicted molar refractivity (Wildman–Crippen MR) is 88.1 cm³/mol. The Morgan fingerprint density at radius 2 is 1.95 bits per heavy atom. The van der Waals surface area contributed by atoms with Crippen LogP contribution in [-0.4, -0.2) is 23.3 Å². The molecule has 2 rings (SSSR count). The second-order valence-corrected chi connectivity index (χ2v) is 5.06. The van der Waals surface area contributed by atoms with Gasteiger partial charge in [-0.3, -0.25) is 4.79 Å². The quantitative estimate of drug-likeness (QED) is 0.587. The standard InChI is InChI=1S/C17H19N3O2/c1-12-4-3-5-15(10-12)19-13(2)17(22)20-18-11-14-6-8-16(21)9-7-14/h3-11,13,19,21H,1-2H3,(H,20,22). The van der Waals surface area contributed by atoms with Gasteiger partial charge in [0.15, 0.2) is 0 Å². The van der Waals surface area contributed by atoms with Crippen LogP contribution >= 0.6 is 0 Å². The van der Waals surface area contributed by atoms with E-state index in [0.717, 1.165) is 16.8 Å². The van der Waals surface area contributed by atoms with E-state index in [1.165, 1.54) is 6.21 Å². The van der Waals surface area contributed by atoms with E-state index >= 15 is 0 Å². The maximum absolute atomic E-state index is 11.9. The van der Waals surface area contributed by atoms with Crippen LogP contribution in [0.1, 0.15) is 18.1 Å². The maximum Gasteiger partial charge on any atom is 0.262 e. The highest BCUT2D eigenvalue weighted by atomic mass is 16.3. The van der Waals surface area contributed by atoms with E-state index in [-0.39, 0.29) is 11.7 Å². The van der Waals surface area contributed by atoms with Crippen molar-refractivity contribution in [2.24, 2.45) is 5.10 Å². The van der Waals surface area contributed by atoms with Gasteiger partial charge in [0.1, 0.15) is 11.8 Å². The lowest BCUT2D eigenvalue weighted by atomic mass is 10.2. The molecule has 0 aliphatic heterocycles. The number of carbonyl (C=O) groups excluding carboxylic acids is 1. The molecule has 0 spiro atoms. The number of benzene rings is 2. The summed E-state index contributed by atoms with van der Waals surface area (Å²) in [6, 6.07) is 14.0. The molecule has 0 heterocycles. The Labute approximate surface area is 129 Å². The first-order chi connectivity index (χ1) is 10.5. The molecular weight excluding hydrogens is 278 g/mol. The summed E-state index contributed by atoms with van der Waals surface area (Å²) in [5.74, 6) is -0.0336. The molecule has 0 aliphatic carbocycles. The summed E-state index contributed by atoms with van der Waals surface area (Å²) in [5.41, 5.74) is 5.30. The fourth-order valence-electron chi connectivity index (χ4n) is 1.88. The summed E-state index contributed by atoms with van der Waals surface area (Å²) in [7, 11) is 0. The first kappa shape index (κ1) is 15.6. The summed E-state index contributed by atoms with van der Waals surface area (Å²) in [6.07, 6.45) is 1.52. The van der Waals surface area contributed by atoms with Crippen molar-refractivity contribution in [3.63, 3.8) is 0 Å². The van der Waals surface area contributed by atoms with E-state index in [0.29, 0.717) is 0 Å². The number of phenols is 1. The zero-order valence-corrected chi connectivity index (χ0v) is 12.6. The van der Waals surface area contributed by atoms with Crippen LogP contribution in [0, 0.1) is 6.92 Å². The summed E-state index contributed by atoms with van der Waals surface area (Å²) in [6.45, 7) is 3.77. The van der Waals surface area contributed by atoms with E-state index in [2.05, 4.69) is 15.8 Å². The number of anilines is 1. The topological polar surface area (TPSA) is 73.7 Å². The molecule has 114 valence electrons. The summed E-state index contributed by atoms with van der Waals surface area (Å²) in [5, 5.41) is 16.2. The van der Waals surface area contributed by atoms with Crippen molar-refractivity contribution in [2.45, 2.75) is 19.9 Å². The van der Waals surface area contributed by atoms with E-state index in [1.54, 1.807) is 31.2 Å². The molecule has 0 saturated heterocycles. The molecule has 0 bridgehead atoms. The summed E-state index contributed by atoms with van der Waals surface area (Å²) in [4.78, 5) is 11.9. The number of hydrogen-bond acceptors (Lipinski definition) is 4. The molecule has 0 fully saturated rings. The van der Waals surface area contributed by atoms with E-state index in [9.17, 15) is 9.90 Å². The van der Waals surface area contributed by atoms with Gasteiger partial charge < -0.3 is 10.4 Å². The molecule has 0 radical (unpaired) electrons. The number of nitrogens with one attached hydrogen (secondary N) is 2. The normalized spacial score (nSPS) is 12.1. The Bertz CT molecular complexity index is 666. The molecule has 3 N–H and O–H groups in total. The second kappa shape index (κ2) is 7.26. The Morgan fingerprint density at radius 1 is 1.23 bits per heavy atom. The predicted octanol–water partition coefficient (Wildman–Crippen LogP) is 2.65. The SMILES string of the molecule is Cc1cccc(NC(C)C(=O)NN=Cc2ccc(O)cc2)c1. The highest BCUT2D eigenvalue weighted by Gasteiger charge is 2.11. The number of nitrogens with zero attached hydrogens (tertiary/aromatic N) is 1. The van der Waals surface area contributed by atoms with Crippen LogP contribution in [0.2, 0.25) is 0 Å². The van der Waals surface area contributed by atoms with Crippen LogP contribution in [0.4, 0.5) is 5.69 Å². The van der Waals surface area contributed by atoms with E-state index in [4.69, 9.17) is 0 Å². The Kier molecular flexibility index (Phi) is 5.14. The molecule has 1 unspecified atom stereocenters. The number of aryl methyl sites for hydroxylation is 1. The zero-order valence-electron chi connectivity index (χ0n) is 12.6. The fraction of sp³-hybridized carbons (Fsp3) is 0.176. The third-order valence-corrected chi connectivity index (χ3v) is 3.08. The molecule has 0 aliphatic rings. The van der Waals surface area contributed by atoms with Crippen molar-refractivity contribution in [1.82, 2.24) is 5.43 Å². The first-order valence-corrected chi connectivity index (χ1v) is 7.00. The summed E-state index contributed by atoms with van der Waals surface area (Å²) < 4.78 is 0. The number of rotatable bonds is 5. The van der Waals surface area contributed by atoms with Crippen molar-refractivity contribution in [3.8, 4) is 5.75 Å². The van der Waals surface area contributed by atoms with Gasteiger partial charge in [-0.25, -0.2) is 5.43 Å². The lowest BCUT2D eigenvalue weighted by molar-refractivity contribution is -0.121. The van der Waals surface area contributed by atoms with Crippen molar-refractivity contribution in [1.29, 1.82) is 0 Å². The lowest BCUT2D eigenvalue weighted by Crippen LogP contribution is -2.34. The summed E-state index contributed by atoms with van der Waals surface area (Å²) >= 11 is 0. The highest BCUT2D eigenvalue weighted by Crippen LogP contribution is 2.11. The molecule has 1 amide bonds. The Hall–Kier alpha value is -2.82. The third kappa shape index (κ3) is 4.63. The van der Waals surface area contributed by atoms with Crippen LogP contribution in [-0.2, 0) is 4.79 Å². The number of hydrazone groups is 1. The molecule has 0 aromatic heterocycles. The Balaban J connectivity index is 1.87. The monoisotopic (exact) mass is 297 g/mol. The van der Waals surface area contributed by atoms with Crippen molar-refractivity contribution in [2.75, 3.05) is 5.32 Å². The average molecular weight is 297 g/mol. The van der Waals surface area contributed by atoms with E-state index in [1.807, 2.05) is 31.2 Å². The van der Waals surface area contributed by atoms with E-state index < -0.39 is 6.04 Å². The zero-order chi connectivity index (χ0) is 15.9. The smallest absolute Gasteiger partial charge is 0.262 e. The largest absolute Gasteiger partial charge is 0.508 e. The molecular formula is C17H19N3O2. The highest BCUT2D eigenvalue weighted by molar-refractivity contribution is 5.86. The molecule has 5 nitrogen and oxygen atoms in total. The molecule has 5 heteroatoms. The van der Waals surface area contributed by atoms with Crippen LogP contribution in [0.25, 0.3) is 0 Å².